The highest BCUT2D eigenvalue weighted by molar-refractivity contribution is 5.95. The average molecular weight is 585 g/mol. The van der Waals surface area contributed by atoms with E-state index in [2.05, 4.69) is 26.7 Å². The zero-order chi connectivity index (χ0) is 29.9. The molecule has 1 aliphatic heterocycles. The number of nitrogens with one attached hydrogen (secondary N) is 1. The Bertz CT molecular complexity index is 1590. The minimum absolute atomic E-state index is 0.0324. The molecule has 5 rings (SSSR count). The first-order valence-corrected chi connectivity index (χ1v) is 13.3. The van der Waals surface area contributed by atoms with E-state index >= 15 is 0 Å². The Morgan fingerprint density at radius 1 is 0.976 bits per heavy atom. The van der Waals surface area contributed by atoms with Gasteiger partial charge in [0.05, 0.1) is 11.1 Å². The van der Waals surface area contributed by atoms with E-state index in [1.807, 2.05) is 36.5 Å². The number of carbonyl (C=O) groups excluding carboxylic acids is 1. The van der Waals surface area contributed by atoms with Crippen molar-refractivity contribution in [2.45, 2.75) is 31.2 Å². The number of benzene rings is 2. The van der Waals surface area contributed by atoms with Gasteiger partial charge in [-0.3, -0.25) is 14.7 Å². The van der Waals surface area contributed by atoms with Crippen LogP contribution in [0, 0.1) is 11.8 Å². The number of H-pyrrole nitrogens is 1. The summed E-state index contributed by atoms with van der Waals surface area (Å²) in [6, 6.07) is 11.7. The highest BCUT2D eigenvalue weighted by atomic mass is 19.4. The molecule has 1 aliphatic rings. The number of amides is 1. The third-order valence-corrected chi connectivity index (χ3v) is 7.24. The fourth-order valence-corrected chi connectivity index (χ4v) is 5.18. The molecule has 1 N–H and O–H groups in total. The number of alkyl halides is 6. The Morgan fingerprint density at radius 3 is 2.40 bits per heavy atom. The highest BCUT2D eigenvalue weighted by Gasteiger charge is 2.39. The second-order valence-electron chi connectivity index (χ2n) is 10.1. The molecule has 0 spiro atoms. The number of hydrogen-bond acceptors (Lipinski definition) is 3. The smallest absolute Gasteiger partial charge is 0.361 e. The summed E-state index contributed by atoms with van der Waals surface area (Å²) in [6.45, 7) is 1.50. The van der Waals surface area contributed by atoms with Gasteiger partial charge < -0.3 is 9.88 Å². The molecular formula is C31H26F6N4O. The minimum Gasteiger partial charge on any atom is -0.361 e. The molecule has 1 saturated heterocycles. The molecular weight excluding hydrogens is 558 g/mol. The van der Waals surface area contributed by atoms with Crippen molar-refractivity contribution in [2.24, 2.45) is 0 Å². The third-order valence-electron chi connectivity index (χ3n) is 7.24. The molecule has 3 heterocycles. The van der Waals surface area contributed by atoms with Crippen LogP contribution >= 0.6 is 0 Å². The van der Waals surface area contributed by atoms with Gasteiger partial charge in [-0.05, 0) is 48.4 Å². The number of nitrogens with zero attached hydrogens (tertiary/aromatic N) is 3. The van der Waals surface area contributed by atoms with Gasteiger partial charge in [-0.15, -0.1) is 0 Å². The Labute approximate surface area is 238 Å². The summed E-state index contributed by atoms with van der Waals surface area (Å²) < 4.78 is 81.1. The molecule has 0 aliphatic carbocycles. The van der Waals surface area contributed by atoms with Crippen LogP contribution in [-0.2, 0) is 18.8 Å². The summed E-state index contributed by atoms with van der Waals surface area (Å²) in [5.74, 6) is 5.28. The first-order chi connectivity index (χ1) is 20.0. The lowest BCUT2D eigenvalue weighted by Crippen LogP contribution is -2.56. The Kier molecular flexibility index (Phi) is 8.27. The predicted molar refractivity (Wildman–Crippen MR) is 145 cm³/mol. The maximum absolute atomic E-state index is 13.6. The SMILES string of the molecule is O=C(c1cc(C(F)(F)F)cc(C(F)(F)F)c1)N1CCN(CCC#Cc2cccnc2)C[C@H]1Cc1c[nH]c2ccccc12. The van der Waals surface area contributed by atoms with Crippen LogP contribution in [0.25, 0.3) is 10.9 Å². The van der Waals surface area contributed by atoms with E-state index in [1.165, 1.54) is 4.90 Å². The summed E-state index contributed by atoms with van der Waals surface area (Å²) in [5, 5.41) is 0.933. The number of aromatic amines is 1. The molecule has 4 aromatic rings. The van der Waals surface area contributed by atoms with Crippen LogP contribution in [0.4, 0.5) is 26.3 Å². The fourth-order valence-electron chi connectivity index (χ4n) is 5.18. The van der Waals surface area contributed by atoms with Crippen molar-refractivity contribution in [3.8, 4) is 11.8 Å². The molecule has 2 aromatic heterocycles. The van der Waals surface area contributed by atoms with Crippen molar-refractivity contribution in [2.75, 3.05) is 26.2 Å². The number of para-hydroxylation sites is 1. The van der Waals surface area contributed by atoms with Gasteiger partial charge in [-0.25, -0.2) is 0 Å². The van der Waals surface area contributed by atoms with E-state index in [1.54, 1.807) is 18.5 Å². The van der Waals surface area contributed by atoms with Crippen LogP contribution in [0.15, 0.2) is 73.2 Å². The summed E-state index contributed by atoms with van der Waals surface area (Å²) in [6.07, 6.45) is -4.07. The van der Waals surface area contributed by atoms with Gasteiger partial charge in [0.1, 0.15) is 0 Å². The van der Waals surface area contributed by atoms with Crippen molar-refractivity contribution >= 4 is 16.8 Å². The van der Waals surface area contributed by atoms with Gasteiger partial charge >= 0.3 is 12.4 Å². The molecule has 0 saturated carbocycles. The number of hydrogen-bond donors (Lipinski definition) is 1. The lowest BCUT2D eigenvalue weighted by atomic mass is 9.98. The van der Waals surface area contributed by atoms with E-state index in [0.717, 1.165) is 22.0 Å². The van der Waals surface area contributed by atoms with Crippen LogP contribution in [0.2, 0.25) is 0 Å². The zero-order valence-electron chi connectivity index (χ0n) is 22.3. The topological polar surface area (TPSA) is 52.2 Å². The number of rotatable bonds is 5. The van der Waals surface area contributed by atoms with Crippen LogP contribution in [0.1, 0.15) is 39.0 Å². The van der Waals surface area contributed by atoms with E-state index in [4.69, 9.17) is 0 Å². The first-order valence-electron chi connectivity index (χ1n) is 13.3. The highest BCUT2D eigenvalue weighted by Crippen LogP contribution is 2.37. The van der Waals surface area contributed by atoms with Crippen LogP contribution in [-0.4, -0.2) is 57.9 Å². The number of halogens is 6. The quantitative estimate of drug-likeness (QED) is 0.218. The number of aromatic nitrogens is 2. The standard InChI is InChI=1S/C31H26F6N4O/c32-30(33,34)24-14-22(15-25(17-24)31(35,36)37)29(42)41-13-12-40(11-4-3-6-21-7-5-10-38-18-21)20-26(41)16-23-19-39-28-9-2-1-8-27(23)28/h1-2,5,7-10,14-15,17-19,26,39H,4,11-13,16,20H2/t26-/m1/s1. The fraction of sp³-hybridized carbons (Fsp3) is 0.290. The maximum Gasteiger partial charge on any atom is 0.416 e. The Hall–Kier alpha value is -4.30. The normalized spacial score (nSPS) is 16.3. The molecule has 2 aromatic carbocycles. The molecule has 1 fully saturated rings. The Balaban J connectivity index is 1.41. The predicted octanol–water partition coefficient (Wildman–Crippen LogP) is 6.41. The van der Waals surface area contributed by atoms with Crippen molar-refractivity contribution < 1.29 is 31.1 Å². The lowest BCUT2D eigenvalue weighted by molar-refractivity contribution is -0.143. The van der Waals surface area contributed by atoms with Crippen molar-refractivity contribution in [1.82, 2.24) is 19.8 Å². The molecule has 0 radical (unpaired) electrons. The summed E-state index contributed by atoms with van der Waals surface area (Å²) in [7, 11) is 0. The van der Waals surface area contributed by atoms with Gasteiger partial charge in [0.2, 0.25) is 0 Å². The molecule has 218 valence electrons. The Morgan fingerprint density at radius 2 is 1.71 bits per heavy atom. The number of pyridine rings is 1. The van der Waals surface area contributed by atoms with Crippen LogP contribution in [0.5, 0.6) is 0 Å². The first kappa shape index (κ1) is 29.2. The average Bonchev–Trinajstić information content (AvgIpc) is 3.37. The van der Waals surface area contributed by atoms with Crippen LogP contribution < -0.4 is 0 Å². The van der Waals surface area contributed by atoms with E-state index < -0.39 is 41.0 Å². The van der Waals surface area contributed by atoms with E-state index in [-0.39, 0.29) is 12.6 Å². The van der Waals surface area contributed by atoms with Gasteiger partial charge in [0.25, 0.3) is 5.91 Å². The number of piperazine rings is 1. The molecule has 42 heavy (non-hydrogen) atoms. The van der Waals surface area contributed by atoms with Crippen molar-refractivity contribution in [3.05, 3.63) is 101 Å². The second kappa shape index (κ2) is 11.9. The number of fused-ring (bicyclic) bond motifs is 1. The van der Waals surface area contributed by atoms with Gasteiger partial charge in [0.15, 0.2) is 0 Å². The third kappa shape index (κ3) is 6.77. The van der Waals surface area contributed by atoms with Gasteiger partial charge in [-0.1, -0.05) is 30.0 Å². The minimum atomic E-state index is -5.05. The van der Waals surface area contributed by atoms with E-state index in [9.17, 15) is 31.1 Å². The van der Waals surface area contributed by atoms with Crippen LogP contribution in [0.3, 0.4) is 0 Å². The van der Waals surface area contributed by atoms with Crippen molar-refractivity contribution in [3.63, 3.8) is 0 Å². The molecule has 0 unspecified atom stereocenters. The molecule has 1 amide bonds. The summed E-state index contributed by atoms with van der Waals surface area (Å²) in [5.41, 5.74) is -1.11. The monoisotopic (exact) mass is 584 g/mol. The lowest BCUT2D eigenvalue weighted by Gasteiger charge is -2.41. The van der Waals surface area contributed by atoms with Crippen molar-refractivity contribution in [1.29, 1.82) is 0 Å². The number of carbonyl (C=O) groups is 1. The molecule has 1 atom stereocenters. The summed E-state index contributed by atoms with van der Waals surface area (Å²) in [4.78, 5) is 24.3. The molecule has 5 nitrogen and oxygen atoms in total. The molecule has 0 bridgehead atoms. The zero-order valence-corrected chi connectivity index (χ0v) is 22.3. The maximum atomic E-state index is 13.6. The summed E-state index contributed by atoms with van der Waals surface area (Å²) >= 11 is 0. The molecule has 11 heteroatoms. The van der Waals surface area contributed by atoms with E-state index in [0.29, 0.717) is 44.6 Å². The van der Waals surface area contributed by atoms with Gasteiger partial charge in [0, 0.05) is 79.3 Å². The second-order valence-corrected chi connectivity index (χ2v) is 10.1. The largest absolute Gasteiger partial charge is 0.416 e. The van der Waals surface area contributed by atoms with Gasteiger partial charge in [-0.2, -0.15) is 26.3 Å².